The Morgan fingerprint density at radius 1 is 0.914 bits per heavy atom. The fraction of sp³-hybridized carbons (Fsp3) is 0.471. The average molecular weight is 989 g/mol. The molecule has 3 N–H and O–H groups in total. The standard InChI is InChI=1S/C51H57ClF3N7O8/c1-29(36-22-37(49(66)67)24-38(23-36)51(53,54)55)56-46-40-26-39(44(69-3)27-42(40)57-30(2)58-46)33-4-6-34(7-5-33)47(64)60-16-10-31(11-17-60)15-21-70-28-32-12-18-61(19-13-32)48(65)35-8-9-41(52)43(25-35)62-20-14-45(63)59-50(62)68/h4,8-9,22-27,29,31-32,34H,5-7,10-21,28H2,1-3H3,(H,66,67)(H,56,57,58)(H,59,63,68)/t29-,34?/m1/s1. The Labute approximate surface area is 408 Å². The van der Waals surface area contributed by atoms with Crippen molar-refractivity contribution in [2.75, 3.05) is 63.3 Å². The summed E-state index contributed by atoms with van der Waals surface area (Å²) in [4.78, 5) is 77.4. The summed E-state index contributed by atoms with van der Waals surface area (Å²) in [6, 6.07) is 10.0. The van der Waals surface area contributed by atoms with E-state index in [1.807, 2.05) is 15.9 Å². The minimum absolute atomic E-state index is 0.130. The van der Waals surface area contributed by atoms with E-state index in [0.717, 1.165) is 49.3 Å². The van der Waals surface area contributed by atoms with Gasteiger partial charge >= 0.3 is 18.2 Å². The number of aryl methyl sites for hydroxylation is 1. The number of allylic oxidation sites excluding steroid dienone is 2. The van der Waals surface area contributed by atoms with Crippen molar-refractivity contribution in [2.24, 2.45) is 17.8 Å². The third kappa shape index (κ3) is 11.5. The zero-order chi connectivity index (χ0) is 49.9. The van der Waals surface area contributed by atoms with Crippen LogP contribution in [0.5, 0.6) is 5.75 Å². The second-order valence-electron chi connectivity index (χ2n) is 18.7. The second-order valence-corrected chi connectivity index (χ2v) is 19.1. The molecular formula is C51H57ClF3N7O8. The fourth-order valence-corrected chi connectivity index (χ4v) is 10.1. The van der Waals surface area contributed by atoms with Gasteiger partial charge in [0.15, 0.2) is 0 Å². The number of alkyl halides is 3. The van der Waals surface area contributed by atoms with Crippen LogP contribution < -0.4 is 20.3 Å². The van der Waals surface area contributed by atoms with Crippen LogP contribution in [0.1, 0.15) is 114 Å². The lowest BCUT2D eigenvalue weighted by Crippen LogP contribution is -2.49. The van der Waals surface area contributed by atoms with Gasteiger partial charge in [-0.05, 0) is 131 Å². The molecule has 372 valence electrons. The summed E-state index contributed by atoms with van der Waals surface area (Å²) in [5.74, 6) is 0.256. The summed E-state index contributed by atoms with van der Waals surface area (Å²) in [5, 5.41) is 16.0. The van der Waals surface area contributed by atoms with Crippen LogP contribution in [0.3, 0.4) is 0 Å². The number of amides is 5. The van der Waals surface area contributed by atoms with Gasteiger partial charge in [-0.25, -0.2) is 19.6 Å². The molecule has 4 aliphatic rings. The second kappa shape index (κ2) is 21.4. The molecule has 2 atom stereocenters. The number of imide groups is 1. The predicted octanol–water partition coefficient (Wildman–Crippen LogP) is 9.32. The van der Waals surface area contributed by atoms with Gasteiger partial charge in [0.2, 0.25) is 11.8 Å². The summed E-state index contributed by atoms with van der Waals surface area (Å²) in [6.45, 7) is 7.39. The van der Waals surface area contributed by atoms with E-state index >= 15 is 0 Å². The van der Waals surface area contributed by atoms with E-state index in [4.69, 9.17) is 21.1 Å². The number of aromatic nitrogens is 2. The number of nitrogens with one attached hydrogen (secondary N) is 2. The van der Waals surface area contributed by atoms with Gasteiger partial charge in [-0.2, -0.15) is 13.2 Å². The van der Waals surface area contributed by atoms with Gasteiger partial charge < -0.3 is 29.7 Å². The highest BCUT2D eigenvalue weighted by Crippen LogP contribution is 2.40. The minimum Gasteiger partial charge on any atom is -0.496 e. The average Bonchev–Trinajstić information content (AvgIpc) is 3.34. The highest BCUT2D eigenvalue weighted by molar-refractivity contribution is 6.34. The normalized spacial score (nSPS) is 18.9. The largest absolute Gasteiger partial charge is 0.496 e. The third-order valence-corrected chi connectivity index (χ3v) is 14.3. The van der Waals surface area contributed by atoms with Crippen LogP contribution >= 0.6 is 11.6 Å². The number of rotatable bonds is 14. The van der Waals surface area contributed by atoms with Gasteiger partial charge in [-0.3, -0.25) is 24.6 Å². The fourth-order valence-electron chi connectivity index (χ4n) is 9.91. The number of aromatic carboxylic acids is 1. The van der Waals surface area contributed by atoms with Crippen LogP contribution in [0.2, 0.25) is 5.02 Å². The monoisotopic (exact) mass is 987 g/mol. The Bertz CT molecular complexity index is 2700. The van der Waals surface area contributed by atoms with Crippen LogP contribution in [0.25, 0.3) is 16.5 Å². The number of hydrogen-bond acceptors (Lipinski definition) is 10. The number of carbonyl (C=O) groups is 5. The maximum Gasteiger partial charge on any atom is 0.416 e. The highest BCUT2D eigenvalue weighted by atomic mass is 35.5. The van der Waals surface area contributed by atoms with Crippen molar-refractivity contribution in [3.8, 4) is 5.75 Å². The summed E-state index contributed by atoms with van der Waals surface area (Å²) in [6.07, 6.45) is 3.73. The molecule has 0 saturated carbocycles. The molecular weight excluding hydrogens is 931 g/mol. The Morgan fingerprint density at radius 3 is 2.31 bits per heavy atom. The number of methoxy groups -OCH3 is 1. The van der Waals surface area contributed by atoms with Gasteiger partial charge in [0.05, 0.1) is 40.5 Å². The zero-order valence-corrected chi connectivity index (χ0v) is 40.1. The van der Waals surface area contributed by atoms with Crippen molar-refractivity contribution in [1.82, 2.24) is 25.1 Å². The van der Waals surface area contributed by atoms with E-state index < -0.39 is 35.3 Å². The number of carboxylic acid groups (broad SMARTS) is 1. The minimum atomic E-state index is -4.73. The van der Waals surface area contributed by atoms with Crippen LogP contribution in [-0.4, -0.2) is 108 Å². The highest BCUT2D eigenvalue weighted by Gasteiger charge is 2.34. The lowest BCUT2D eigenvalue weighted by atomic mass is 9.84. The maximum absolute atomic E-state index is 13.8. The number of urea groups is 1. The number of hydrogen-bond donors (Lipinski definition) is 3. The maximum atomic E-state index is 13.8. The molecule has 1 aliphatic carbocycles. The van der Waals surface area contributed by atoms with Crippen molar-refractivity contribution in [1.29, 1.82) is 0 Å². The molecule has 1 unspecified atom stereocenters. The van der Waals surface area contributed by atoms with E-state index in [9.17, 15) is 42.3 Å². The van der Waals surface area contributed by atoms with Crippen molar-refractivity contribution >= 4 is 69.3 Å². The van der Waals surface area contributed by atoms with Crippen molar-refractivity contribution in [3.05, 3.63) is 93.3 Å². The lowest BCUT2D eigenvalue weighted by molar-refractivity contribution is -0.138. The van der Waals surface area contributed by atoms with Crippen LogP contribution in [-0.2, 0) is 20.5 Å². The molecule has 5 amide bonds. The predicted molar refractivity (Wildman–Crippen MR) is 257 cm³/mol. The quantitative estimate of drug-likeness (QED) is 0.102. The van der Waals surface area contributed by atoms with Crippen molar-refractivity contribution < 1.29 is 51.7 Å². The van der Waals surface area contributed by atoms with E-state index in [0.29, 0.717) is 121 Å². The summed E-state index contributed by atoms with van der Waals surface area (Å²) in [7, 11) is 1.57. The smallest absolute Gasteiger partial charge is 0.416 e. The number of halogens is 4. The number of nitrogens with zero attached hydrogens (tertiary/aromatic N) is 5. The Hall–Kier alpha value is -6.27. The number of likely N-dealkylation sites (tertiary alicyclic amines) is 2. The van der Waals surface area contributed by atoms with Gasteiger partial charge in [-0.15, -0.1) is 0 Å². The van der Waals surface area contributed by atoms with E-state index in [2.05, 4.69) is 26.7 Å². The molecule has 8 rings (SSSR count). The summed E-state index contributed by atoms with van der Waals surface area (Å²) in [5.41, 5.74) is 1.80. The number of carbonyl (C=O) groups excluding carboxylic acids is 4. The topological polar surface area (TPSA) is 184 Å². The van der Waals surface area contributed by atoms with Gasteiger partial charge in [0, 0.05) is 80.9 Å². The van der Waals surface area contributed by atoms with Gasteiger partial charge in [-0.1, -0.05) is 17.7 Å². The number of fused-ring (bicyclic) bond motifs is 1. The van der Waals surface area contributed by atoms with Crippen molar-refractivity contribution in [2.45, 2.75) is 83.9 Å². The SMILES string of the molecule is COc1cc2nc(C)nc(N[C@H](C)c3cc(C(=O)O)cc(C(F)(F)F)c3)c2cc1C1=CCC(C(=O)N2CCC(CCOCC3CCN(C(=O)c4ccc(Cl)c(N5CCC(=O)NC5=O)c4)CC3)CC2)CC1. The molecule has 3 saturated heterocycles. The van der Waals surface area contributed by atoms with Crippen LogP contribution in [0.4, 0.5) is 29.5 Å². The van der Waals surface area contributed by atoms with Crippen LogP contribution in [0.15, 0.2) is 54.6 Å². The first-order chi connectivity index (χ1) is 33.4. The third-order valence-electron chi connectivity index (χ3n) is 14.0. The van der Waals surface area contributed by atoms with Gasteiger partial charge in [0.25, 0.3) is 5.91 Å². The first kappa shape index (κ1) is 50.1. The van der Waals surface area contributed by atoms with E-state index in [-0.39, 0.29) is 42.2 Å². The first-order valence-corrected chi connectivity index (χ1v) is 24.2. The summed E-state index contributed by atoms with van der Waals surface area (Å²) >= 11 is 6.39. The Morgan fingerprint density at radius 2 is 1.64 bits per heavy atom. The molecule has 0 radical (unpaired) electrons. The number of anilines is 2. The first-order valence-electron chi connectivity index (χ1n) is 23.8. The molecule has 4 aromatic rings. The molecule has 1 aromatic heterocycles. The zero-order valence-electron chi connectivity index (χ0n) is 39.4. The molecule has 15 nitrogen and oxygen atoms in total. The molecule has 3 aliphatic heterocycles. The van der Waals surface area contributed by atoms with E-state index in [1.54, 1.807) is 45.2 Å². The van der Waals surface area contributed by atoms with Crippen molar-refractivity contribution in [3.63, 3.8) is 0 Å². The molecule has 70 heavy (non-hydrogen) atoms. The molecule has 4 heterocycles. The van der Waals surface area contributed by atoms with E-state index in [1.165, 1.54) is 11.0 Å². The number of carboxylic acids is 1. The van der Waals surface area contributed by atoms with Gasteiger partial charge in [0.1, 0.15) is 17.4 Å². The lowest BCUT2D eigenvalue weighted by Gasteiger charge is -2.35. The molecule has 0 spiro atoms. The summed E-state index contributed by atoms with van der Waals surface area (Å²) < 4.78 is 53.2. The molecule has 19 heteroatoms. The molecule has 0 bridgehead atoms. The van der Waals surface area contributed by atoms with Crippen LogP contribution in [0, 0.1) is 24.7 Å². The molecule has 3 aromatic carbocycles. The Kier molecular flexibility index (Phi) is 15.3. The number of ether oxygens (including phenoxy) is 2. The Balaban J connectivity index is 0.796. The number of piperidine rings is 2. The molecule has 3 fully saturated rings. The number of benzene rings is 3.